The molecule has 0 radical (unpaired) electrons. The Hall–Kier alpha value is -0.200. The maximum Gasteiger partial charge on any atom is 0.161 e. The minimum absolute atomic E-state index is 0.301. The predicted octanol–water partition coefficient (Wildman–Crippen LogP) is -1.79. The summed E-state index contributed by atoms with van der Waals surface area (Å²) in [7, 11) is 0. The summed E-state index contributed by atoms with van der Waals surface area (Å²) in [4.78, 5) is 0. The zero-order valence-corrected chi connectivity index (χ0v) is 6.46. The zero-order chi connectivity index (χ0) is 8.72. The van der Waals surface area contributed by atoms with E-state index in [9.17, 15) is 10.2 Å². The topological polar surface area (TPSA) is 79.2 Å². The van der Waals surface area contributed by atoms with Gasteiger partial charge in [0, 0.05) is 6.42 Å². The number of rotatable bonds is 1. The van der Waals surface area contributed by atoms with E-state index in [4.69, 9.17) is 14.6 Å². The number of fused-ring (bicyclic) bond motifs is 3. The van der Waals surface area contributed by atoms with Crippen molar-refractivity contribution in [3.8, 4) is 0 Å². The second kappa shape index (κ2) is 2.93. The van der Waals surface area contributed by atoms with Gasteiger partial charge in [0.25, 0.3) is 0 Å². The van der Waals surface area contributed by atoms with E-state index in [2.05, 4.69) is 0 Å². The minimum Gasteiger partial charge on any atom is -0.394 e. The molecular weight excluding hydrogens is 164 g/mol. The standard InChI is InChI=1S/C7H12O5/c8-2-4-7(10)6(9)3-1-5(11-3)12-4/h3-10H,1-2H2. The molecule has 3 aliphatic rings. The lowest BCUT2D eigenvalue weighted by Gasteiger charge is -2.34. The fourth-order valence-corrected chi connectivity index (χ4v) is 1.55. The molecule has 2 bridgehead atoms. The fraction of sp³-hybridized carbons (Fsp3) is 1.00. The third-order valence-corrected chi connectivity index (χ3v) is 2.37. The molecule has 3 rings (SSSR count). The molecule has 5 nitrogen and oxygen atoms in total. The zero-order valence-electron chi connectivity index (χ0n) is 6.46. The van der Waals surface area contributed by atoms with Crippen LogP contribution in [0.5, 0.6) is 0 Å². The van der Waals surface area contributed by atoms with Gasteiger partial charge in [0.15, 0.2) is 6.29 Å². The molecule has 3 N–H and O–H groups in total. The van der Waals surface area contributed by atoms with Crippen molar-refractivity contribution in [2.75, 3.05) is 6.61 Å². The van der Waals surface area contributed by atoms with Crippen LogP contribution in [0, 0.1) is 0 Å². The van der Waals surface area contributed by atoms with Crippen LogP contribution in [-0.2, 0) is 9.47 Å². The monoisotopic (exact) mass is 176 g/mol. The summed E-state index contributed by atoms with van der Waals surface area (Å²) >= 11 is 0. The van der Waals surface area contributed by atoms with Gasteiger partial charge in [-0.2, -0.15) is 0 Å². The quantitative estimate of drug-likeness (QED) is 0.440. The normalized spacial score (nSPS) is 52.8. The smallest absolute Gasteiger partial charge is 0.161 e. The molecule has 0 amide bonds. The number of ether oxygens (including phenoxy) is 2. The van der Waals surface area contributed by atoms with Crippen molar-refractivity contribution in [1.82, 2.24) is 0 Å². The van der Waals surface area contributed by atoms with Gasteiger partial charge in [-0.15, -0.1) is 0 Å². The van der Waals surface area contributed by atoms with Gasteiger partial charge < -0.3 is 24.8 Å². The molecule has 0 aromatic heterocycles. The molecule has 0 saturated carbocycles. The highest BCUT2D eigenvalue weighted by molar-refractivity contribution is 4.91. The first-order valence-electron chi connectivity index (χ1n) is 4.00. The second-order valence-electron chi connectivity index (χ2n) is 3.18. The Kier molecular flexibility index (Phi) is 2.05. The lowest BCUT2D eigenvalue weighted by molar-refractivity contribution is -0.267. The number of aliphatic hydroxyl groups excluding tert-OH is 3. The van der Waals surface area contributed by atoms with Crippen molar-refractivity contribution < 1.29 is 24.8 Å². The Balaban J connectivity index is 2.08. The summed E-state index contributed by atoms with van der Waals surface area (Å²) in [6, 6.07) is 0. The van der Waals surface area contributed by atoms with E-state index in [1.165, 1.54) is 0 Å². The Morgan fingerprint density at radius 2 is 1.83 bits per heavy atom. The number of hydrogen-bond donors (Lipinski definition) is 3. The van der Waals surface area contributed by atoms with Crippen LogP contribution in [0.3, 0.4) is 0 Å². The molecule has 3 fully saturated rings. The van der Waals surface area contributed by atoms with E-state index in [1.54, 1.807) is 0 Å². The van der Waals surface area contributed by atoms with Crippen LogP contribution in [0.2, 0.25) is 0 Å². The van der Waals surface area contributed by atoms with Crippen molar-refractivity contribution in [2.45, 2.75) is 37.1 Å². The Bertz CT molecular complexity index is 167. The summed E-state index contributed by atoms with van der Waals surface area (Å²) < 4.78 is 10.2. The van der Waals surface area contributed by atoms with Gasteiger partial charge in [-0.05, 0) is 0 Å². The Morgan fingerprint density at radius 1 is 1.17 bits per heavy atom. The van der Waals surface area contributed by atoms with Crippen molar-refractivity contribution in [1.29, 1.82) is 0 Å². The van der Waals surface area contributed by atoms with Gasteiger partial charge in [-0.1, -0.05) is 0 Å². The first kappa shape index (κ1) is 8.40. The first-order chi connectivity index (χ1) is 5.72. The van der Waals surface area contributed by atoms with E-state index < -0.39 is 18.3 Å². The first-order valence-corrected chi connectivity index (χ1v) is 4.00. The third kappa shape index (κ3) is 1.14. The lowest BCUT2D eigenvalue weighted by atomic mass is 10.0. The molecule has 12 heavy (non-hydrogen) atoms. The Labute approximate surface area is 69.5 Å². The van der Waals surface area contributed by atoms with Gasteiger partial charge in [-0.25, -0.2) is 0 Å². The van der Waals surface area contributed by atoms with Gasteiger partial charge >= 0.3 is 0 Å². The maximum absolute atomic E-state index is 9.40. The summed E-state index contributed by atoms with van der Waals surface area (Å²) in [6.07, 6.45) is -2.82. The van der Waals surface area contributed by atoms with Crippen molar-refractivity contribution in [2.24, 2.45) is 0 Å². The van der Waals surface area contributed by atoms with Crippen molar-refractivity contribution in [3.05, 3.63) is 0 Å². The number of aliphatic hydroxyl groups is 3. The van der Waals surface area contributed by atoms with Gasteiger partial charge in [0.1, 0.15) is 18.3 Å². The third-order valence-electron chi connectivity index (χ3n) is 2.37. The molecule has 5 atom stereocenters. The molecule has 5 unspecified atom stereocenters. The highest BCUT2D eigenvalue weighted by atomic mass is 16.7. The van der Waals surface area contributed by atoms with Crippen LogP contribution in [0.25, 0.3) is 0 Å². The molecule has 3 saturated heterocycles. The van der Waals surface area contributed by atoms with Crippen LogP contribution >= 0.6 is 0 Å². The van der Waals surface area contributed by atoms with Crippen molar-refractivity contribution >= 4 is 0 Å². The van der Waals surface area contributed by atoms with Crippen LogP contribution in [-0.4, -0.2) is 52.6 Å². The SMILES string of the molecule is OCC1OC2CC(O2)C(O)C1O. The summed E-state index contributed by atoms with van der Waals surface area (Å²) in [6.45, 7) is -0.301. The fourth-order valence-electron chi connectivity index (χ4n) is 1.55. The highest BCUT2D eigenvalue weighted by Crippen LogP contribution is 2.32. The average Bonchev–Trinajstić information content (AvgIpc) is 2.16. The van der Waals surface area contributed by atoms with E-state index in [-0.39, 0.29) is 19.0 Å². The van der Waals surface area contributed by atoms with Crippen LogP contribution in [0.4, 0.5) is 0 Å². The van der Waals surface area contributed by atoms with E-state index in [0.29, 0.717) is 6.42 Å². The predicted molar refractivity (Wildman–Crippen MR) is 37.3 cm³/mol. The van der Waals surface area contributed by atoms with E-state index in [0.717, 1.165) is 0 Å². The van der Waals surface area contributed by atoms with Gasteiger partial charge in [-0.3, -0.25) is 0 Å². The summed E-state index contributed by atoms with van der Waals surface area (Å²) in [5, 5.41) is 27.6. The lowest BCUT2D eigenvalue weighted by Crippen LogP contribution is -2.47. The van der Waals surface area contributed by atoms with Gasteiger partial charge in [0.05, 0.1) is 12.7 Å². The van der Waals surface area contributed by atoms with E-state index in [1.807, 2.05) is 0 Å². The largest absolute Gasteiger partial charge is 0.394 e. The molecule has 0 aliphatic carbocycles. The Morgan fingerprint density at radius 3 is 2.42 bits per heavy atom. The second-order valence-corrected chi connectivity index (χ2v) is 3.18. The molecule has 3 aliphatic heterocycles. The molecule has 0 spiro atoms. The van der Waals surface area contributed by atoms with Crippen LogP contribution in [0.1, 0.15) is 6.42 Å². The summed E-state index contributed by atoms with van der Waals surface area (Å²) in [5.74, 6) is 0. The van der Waals surface area contributed by atoms with E-state index >= 15 is 0 Å². The number of hydrogen-bond acceptors (Lipinski definition) is 5. The molecule has 70 valence electrons. The van der Waals surface area contributed by atoms with Crippen molar-refractivity contribution in [3.63, 3.8) is 0 Å². The summed E-state index contributed by atoms with van der Waals surface area (Å²) in [5.41, 5.74) is 0. The molecule has 3 heterocycles. The highest BCUT2D eigenvalue weighted by Gasteiger charge is 2.47. The van der Waals surface area contributed by atoms with Crippen LogP contribution < -0.4 is 0 Å². The molecule has 5 heteroatoms. The van der Waals surface area contributed by atoms with Crippen LogP contribution in [0.15, 0.2) is 0 Å². The average molecular weight is 176 g/mol. The van der Waals surface area contributed by atoms with Gasteiger partial charge in [0.2, 0.25) is 0 Å². The maximum atomic E-state index is 9.40. The molecule has 0 aromatic carbocycles. The minimum atomic E-state index is -1.05. The molecule has 0 aromatic rings. The molecular formula is C7H12O5.